The van der Waals surface area contributed by atoms with Crippen molar-refractivity contribution in [1.82, 2.24) is 5.32 Å². The van der Waals surface area contributed by atoms with E-state index in [2.05, 4.69) is 26.6 Å². The smallest absolute Gasteiger partial charge is 0.314 e. The molecule has 2 aromatic rings. The van der Waals surface area contributed by atoms with Crippen LogP contribution in [0.3, 0.4) is 0 Å². The first-order valence-electron chi connectivity index (χ1n) is 5.89. The number of carbonyl (C=O) groups is 1. The lowest BCUT2D eigenvalue weighted by atomic mass is 10.2. The molecule has 0 aliphatic carbocycles. The number of benzene rings is 2. The monoisotopic (exact) mass is 334 g/mol. The van der Waals surface area contributed by atoms with Crippen LogP contribution < -0.4 is 10.6 Å². The number of anilines is 1. The molecule has 0 fully saturated rings. The Labute approximate surface area is 124 Å². The van der Waals surface area contributed by atoms with Crippen molar-refractivity contribution in [1.29, 1.82) is 0 Å². The Morgan fingerprint density at radius 3 is 2.70 bits per heavy atom. The van der Waals surface area contributed by atoms with Gasteiger partial charge in [-0.05, 0) is 51.8 Å². The highest BCUT2D eigenvalue weighted by Gasteiger charge is 2.02. The molecule has 0 bridgehead atoms. The van der Waals surface area contributed by atoms with Gasteiger partial charge in [-0.2, -0.15) is 0 Å². The predicted molar refractivity (Wildman–Crippen MR) is 81.7 cm³/mol. The summed E-state index contributed by atoms with van der Waals surface area (Å²) in [7, 11) is 0. The van der Waals surface area contributed by atoms with Gasteiger partial charge in [0.15, 0.2) is 0 Å². The maximum atomic E-state index is 12.9. The zero-order chi connectivity index (χ0) is 14.4. The van der Waals surface area contributed by atoms with Crippen molar-refractivity contribution in [3.05, 3.63) is 70.6 Å². The second-order valence-corrected chi connectivity index (χ2v) is 4.82. The van der Waals surface area contributed by atoms with Crippen LogP contribution >= 0.6 is 15.9 Å². The Balaban J connectivity index is 1.91. The number of hydrogen-bond acceptors (Lipinski definition) is 1. The van der Waals surface area contributed by atoms with E-state index in [1.807, 2.05) is 18.2 Å². The fourth-order valence-corrected chi connectivity index (χ4v) is 1.93. The van der Waals surface area contributed by atoms with Gasteiger partial charge in [0, 0.05) is 10.7 Å². The Kier molecular flexibility index (Phi) is 4.90. The summed E-state index contributed by atoms with van der Waals surface area (Å²) in [6.07, 6.45) is 3.07. The van der Waals surface area contributed by atoms with Gasteiger partial charge >= 0.3 is 6.03 Å². The van der Waals surface area contributed by atoms with Crippen molar-refractivity contribution in [3.63, 3.8) is 0 Å². The van der Waals surface area contributed by atoms with E-state index >= 15 is 0 Å². The van der Waals surface area contributed by atoms with E-state index in [1.165, 1.54) is 18.3 Å². The molecule has 3 nitrogen and oxygen atoms in total. The van der Waals surface area contributed by atoms with Crippen LogP contribution in [0.2, 0.25) is 0 Å². The minimum absolute atomic E-state index is 0.315. The Bertz CT molecular complexity index is 643. The molecule has 0 heterocycles. The quantitative estimate of drug-likeness (QED) is 0.859. The van der Waals surface area contributed by atoms with Crippen LogP contribution in [0.15, 0.2) is 59.2 Å². The average molecular weight is 335 g/mol. The van der Waals surface area contributed by atoms with Crippen LogP contribution in [0.5, 0.6) is 0 Å². The Hall–Kier alpha value is -2.14. The number of carbonyl (C=O) groups excluding carboxylic acids is 1. The van der Waals surface area contributed by atoms with Gasteiger partial charge in [-0.3, -0.25) is 0 Å². The highest BCUT2D eigenvalue weighted by molar-refractivity contribution is 9.10. The molecule has 2 rings (SSSR count). The van der Waals surface area contributed by atoms with Crippen molar-refractivity contribution < 1.29 is 9.18 Å². The largest absolute Gasteiger partial charge is 0.323 e. The molecule has 0 unspecified atom stereocenters. The van der Waals surface area contributed by atoms with Crippen molar-refractivity contribution in [2.45, 2.75) is 0 Å². The second-order valence-electron chi connectivity index (χ2n) is 3.97. The molecule has 2 N–H and O–H groups in total. The third kappa shape index (κ3) is 4.20. The Morgan fingerprint density at radius 2 is 1.95 bits per heavy atom. The summed E-state index contributed by atoms with van der Waals surface area (Å²) in [6.45, 7) is 0. The van der Waals surface area contributed by atoms with E-state index in [0.29, 0.717) is 11.3 Å². The van der Waals surface area contributed by atoms with Crippen molar-refractivity contribution in [3.8, 4) is 0 Å². The lowest BCUT2D eigenvalue weighted by Gasteiger charge is -2.06. The van der Waals surface area contributed by atoms with Crippen LogP contribution in [0.25, 0.3) is 6.08 Å². The number of nitrogens with one attached hydrogen (secondary N) is 2. The summed E-state index contributed by atoms with van der Waals surface area (Å²) in [4.78, 5) is 11.7. The van der Waals surface area contributed by atoms with E-state index in [0.717, 1.165) is 4.47 Å². The fourth-order valence-electron chi connectivity index (χ4n) is 1.54. The number of amides is 2. The lowest BCUT2D eigenvalue weighted by Crippen LogP contribution is -2.23. The first-order chi connectivity index (χ1) is 9.65. The summed E-state index contributed by atoms with van der Waals surface area (Å²) in [5, 5.41) is 5.24. The summed E-state index contributed by atoms with van der Waals surface area (Å²) in [5.41, 5.74) is 1.34. The zero-order valence-electron chi connectivity index (χ0n) is 10.4. The summed E-state index contributed by atoms with van der Waals surface area (Å²) >= 11 is 3.34. The van der Waals surface area contributed by atoms with E-state index in [4.69, 9.17) is 0 Å². The first kappa shape index (κ1) is 14.3. The van der Waals surface area contributed by atoms with Crippen LogP contribution in [0.4, 0.5) is 14.9 Å². The highest BCUT2D eigenvalue weighted by atomic mass is 79.9. The molecule has 0 saturated carbocycles. The third-order valence-corrected chi connectivity index (χ3v) is 3.15. The van der Waals surface area contributed by atoms with Gasteiger partial charge in [-0.1, -0.05) is 24.3 Å². The molecule has 0 aromatic heterocycles. The van der Waals surface area contributed by atoms with Gasteiger partial charge in [0.05, 0.1) is 5.69 Å². The van der Waals surface area contributed by atoms with Gasteiger partial charge in [-0.25, -0.2) is 9.18 Å². The Morgan fingerprint density at radius 1 is 1.15 bits per heavy atom. The molecular weight excluding hydrogens is 323 g/mol. The SMILES string of the molecule is O=C(N/C=C/c1cccc(F)c1)Nc1ccccc1Br. The maximum Gasteiger partial charge on any atom is 0.323 e. The molecule has 2 aromatic carbocycles. The van der Waals surface area contributed by atoms with Crippen LogP contribution in [0.1, 0.15) is 5.56 Å². The number of urea groups is 1. The van der Waals surface area contributed by atoms with Gasteiger partial charge in [-0.15, -0.1) is 0 Å². The minimum Gasteiger partial charge on any atom is -0.314 e. The van der Waals surface area contributed by atoms with E-state index in [9.17, 15) is 9.18 Å². The number of rotatable bonds is 3. The predicted octanol–water partition coefficient (Wildman–Crippen LogP) is 4.38. The van der Waals surface area contributed by atoms with Gasteiger partial charge in [0.25, 0.3) is 0 Å². The molecule has 0 aliphatic heterocycles. The van der Waals surface area contributed by atoms with Gasteiger partial charge in [0.2, 0.25) is 0 Å². The van der Waals surface area contributed by atoms with E-state index < -0.39 is 0 Å². The fraction of sp³-hybridized carbons (Fsp3) is 0. The molecule has 0 aliphatic rings. The van der Waals surface area contributed by atoms with E-state index in [-0.39, 0.29) is 11.8 Å². The van der Waals surface area contributed by atoms with Gasteiger partial charge < -0.3 is 10.6 Å². The second kappa shape index (κ2) is 6.86. The van der Waals surface area contributed by atoms with Crippen molar-refractivity contribution in [2.24, 2.45) is 0 Å². The highest BCUT2D eigenvalue weighted by Crippen LogP contribution is 2.20. The molecule has 0 spiro atoms. The summed E-state index contributed by atoms with van der Waals surface area (Å²) < 4.78 is 13.7. The number of halogens is 2. The lowest BCUT2D eigenvalue weighted by molar-refractivity contribution is 0.255. The topological polar surface area (TPSA) is 41.1 Å². The molecule has 0 atom stereocenters. The maximum absolute atomic E-state index is 12.9. The zero-order valence-corrected chi connectivity index (χ0v) is 12.0. The van der Waals surface area contributed by atoms with Crippen LogP contribution in [-0.2, 0) is 0 Å². The average Bonchev–Trinajstić information content (AvgIpc) is 2.41. The first-order valence-corrected chi connectivity index (χ1v) is 6.68. The molecule has 102 valence electrons. The normalized spacial score (nSPS) is 10.5. The van der Waals surface area contributed by atoms with Crippen molar-refractivity contribution >= 4 is 33.7 Å². The third-order valence-electron chi connectivity index (χ3n) is 2.46. The number of para-hydroxylation sites is 1. The standard InChI is InChI=1S/C15H12BrFN2O/c16-13-6-1-2-7-14(13)19-15(20)18-9-8-11-4-3-5-12(17)10-11/h1-10H,(H2,18,19,20)/b9-8+. The van der Waals surface area contributed by atoms with Crippen molar-refractivity contribution in [2.75, 3.05) is 5.32 Å². The molecule has 2 amide bonds. The van der Waals surface area contributed by atoms with Crippen LogP contribution in [0, 0.1) is 5.82 Å². The van der Waals surface area contributed by atoms with E-state index in [1.54, 1.807) is 24.3 Å². The molecule has 0 saturated heterocycles. The molecule has 20 heavy (non-hydrogen) atoms. The molecular formula is C15H12BrFN2O. The molecule has 0 radical (unpaired) electrons. The summed E-state index contributed by atoms with van der Waals surface area (Å²) in [6, 6.07) is 13.0. The minimum atomic E-state index is -0.371. The molecule has 5 heteroatoms. The van der Waals surface area contributed by atoms with Gasteiger partial charge in [0.1, 0.15) is 5.82 Å². The summed E-state index contributed by atoms with van der Waals surface area (Å²) in [5.74, 6) is -0.315. The number of hydrogen-bond donors (Lipinski definition) is 2. The van der Waals surface area contributed by atoms with Crippen LogP contribution in [-0.4, -0.2) is 6.03 Å².